The van der Waals surface area contributed by atoms with Crippen LogP contribution in [-0.2, 0) is 14.8 Å². The van der Waals surface area contributed by atoms with Gasteiger partial charge in [0.05, 0.1) is 17.4 Å². The molecule has 2 aromatic rings. The molecule has 0 bridgehead atoms. The maximum absolute atomic E-state index is 12.7. The molecule has 0 aliphatic carbocycles. The smallest absolute Gasteiger partial charge is 0.252 e. The zero-order valence-corrected chi connectivity index (χ0v) is 17.9. The van der Waals surface area contributed by atoms with Gasteiger partial charge in [-0.2, -0.15) is 4.31 Å². The minimum Gasteiger partial charge on any atom is -0.486 e. The van der Waals surface area contributed by atoms with E-state index in [9.17, 15) is 13.2 Å². The number of halogens is 1. The molecule has 0 saturated heterocycles. The molecule has 1 aromatic heterocycles. The zero-order valence-electron chi connectivity index (χ0n) is 15.5. The molecule has 1 amide bonds. The Kier molecular flexibility index (Phi) is 6.49. The lowest BCUT2D eigenvalue weighted by atomic mass is 10.2. The van der Waals surface area contributed by atoms with Crippen molar-refractivity contribution in [1.29, 1.82) is 0 Å². The minimum absolute atomic E-state index is 0.108. The van der Waals surface area contributed by atoms with Gasteiger partial charge in [-0.3, -0.25) is 4.79 Å². The highest BCUT2D eigenvalue weighted by molar-refractivity contribution is 7.91. The molecule has 0 radical (unpaired) electrons. The van der Waals surface area contributed by atoms with E-state index < -0.39 is 10.0 Å². The number of fused-ring (bicyclic) bond motifs is 1. The summed E-state index contributed by atoms with van der Waals surface area (Å²) in [5.74, 6) is 1.00. The average Bonchev–Trinajstić information content (AvgIpc) is 3.13. The number of thiophene rings is 1. The van der Waals surface area contributed by atoms with Gasteiger partial charge in [-0.1, -0.05) is 23.7 Å². The van der Waals surface area contributed by atoms with Crippen LogP contribution in [-0.4, -0.2) is 62.9 Å². The molecule has 1 aromatic carbocycles. The summed E-state index contributed by atoms with van der Waals surface area (Å²) in [4.78, 5) is 14.3. The van der Waals surface area contributed by atoms with Crippen molar-refractivity contribution in [2.75, 3.05) is 33.3 Å². The lowest BCUT2D eigenvalue weighted by Crippen LogP contribution is -2.47. The molecule has 1 unspecified atom stereocenters. The number of ether oxygens (including phenoxy) is 2. The van der Waals surface area contributed by atoms with E-state index in [0.29, 0.717) is 35.5 Å². The summed E-state index contributed by atoms with van der Waals surface area (Å²) < 4.78 is 38.3. The molecule has 1 aliphatic rings. The first kappa shape index (κ1) is 20.9. The van der Waals surface area contributed by atoms with Crippen LogP contribution >= 0.6 is 22.9 Å². The monoisotopic (exact) mass is 444 g/mol. The van der Waals surface area contributed by atoms with E-state index in [1.807, 2.05) is 31.2 Å². The summed E-state index contributed by atoms with van der Waals surface area (Å²) in [5.41, 5.74) is 0. The third-order valence-corrected chi connectivity index (χ3v) is 7.80. The Labute approximate surface area is 173 Å². The van der Waals surface area contributed by atoms with Crippen LogP contribution in [0.4, 0.5) is 0 Å². The molecule has 28 heavy (non-hydrogen) atoms. The molecular formula is C18H21ClN2O5S2. The SMILES string of the molecule is CCN(CC1COc2ccccc2O1)C(=O)CN(C)S(=O)(=O)c1ccc(Cl)s1. The normalized spacial score (nSPS) is 16.2. The first-order valence-corrected chi connectivity index (χ1v) is 11.3. The molecule has 3 rings (SSSR count). The standard InChI is InChI=1S/C18H21ClN2O5S2/c1-3-21(10-13-12-25-14-6-4-5-7-15(14)26-13)17(22)11-20(2)28(23,24)18-9-8-16(19)27-18/h4-9,13H,3,10-12H2,1-2H3. The first-order chi connectivity index (χ1) is 13.3. The van der Waals surface area contributed by atoms with Crippen LogP contribution in [0, 0.1) is 0 Å². The van der Waals surface area contributed by atoms with Gasteiger partial charge in [-0.25, -0.2) is 8.42 Å². The first-order valence-electron chi connectivity index (χ1n) is 8.69. The lowest BCUT2D eigenvalue weighted by molar-refractivity contribution is -0.132. The fourth-order valence-corrected chi connectivity index (χ4v) is 5.59. The number of hydrogen-bond acceptors (Lipinski definition) is 6. The van der Waals surface area contributed by atoms with Gasteiger partial charge in [-0.05, 0) is 31.2 Å². The van der Waals surface area contributed by atoms with Crippen molar-refractivity contribution in [3.8, 4) is 11.5 Å². The summed E-state index contributed by atoms with van der Waals surface area (Å²) in [5, 5.41) is 0. The summed E-state index contributed by atoms with van der Waals surface area (Å²) in [7, 11) is -2.38. The van der Waals surface area contributed by atoms with Crippen molar-refractivity contribution in [2.45, 2.75) is 17.2 Å². The predicted octanol–water partition coefficient (Wildman–Crippen LogP) is 2.71. The van der Waals surface area contributed by atoms with Gasteiger partial charge in [0, 0.05) is 13.6 Å². The summed E-state index contributed by atoms with van der Waals surface area (Å²) >= 11 is 6.79. The van der Waals surface area contributed by atoms with Crippen molar-refractivity contribution in [3.63, 3.8) is 0 Å². The van der Waals surface area contributed by atoms with Gasteiger partial charge in [0.1, 0.15) is 10.8 Å². The van der Waals surface area contributed by atoms with Crippen LogP contribution in [0.3, 0.4) is 0 Å². The van der Waals surface area contributed by atoms with Crippen molar-refractivity contribution in [3.05, 3.63) is 40.7 Å². The van der Waals surface area contributed by atoms with E-state index in [4.69, 9.17) is 21.1 Å². The topological polar surface area (TPSA) is 76.2 Å². The number of likely N-dealkylation sites (N-methyl/N-ethyl adjacent to an activating group) is 2. The molecule has 1 atom stereocenters. The Hall–Kier alpha value is -1.81. The summed E-state index contributed by atoms with van der Waals surface area (Å²) in [6, 6.07) is 10.3. The number of carbonyl (C=O) groups is 1. The van der Waals surface area contributed by atoms with E-state index in [1.54, 1.807) is 4.90 Å². The van der Waals surface area contributed by atoms with Crippen LogP contribution in [0.2, 0.25) is 4.34 Å². The molecule has 0 fully saturated rings. The number of carbonyl (C=O) groups excluding carboxylic acids is 1. The second kappa shape index (κ2) is 8.69. The minimum atomic E-state index is -3.76. The van der Waals surface area contributed by atoms with E-state index in [0.717, 1.165) is 15.6 Å². The Morgan fingerprint density at radius 3 is 2.61 bits per heavy atom. The fourth-order valence-electron chi connectivity index (χ4n) is 2.77. The quantitative estimate of drug-likeness (QED) is 0.656. The van der Waals surface area contributed by atoms with Crippen LogP contribution in [0.15, 0.2) is 40.6 Å². The molecule has 1 aliphatic heterocycles. The number of nitrogens with zero attached hydrogens (tertiary/aromatic N) is 2. The molecule has 2 heterocycles. The van der Waals surface area contributed by atoms with Crippen molar-refractivity contribution in [1.82, 2.24) is 9.21 Å². The summed E-state index contributed by atoms with van der Waals surface area (Å²) in [6.45, 7) is 2.63. The predicted molar refractivity (Wildman–Crippen MR) is 108 cm³/mol. The second-order valence-corrected chi connectivity index (χ2v) is 10.2. The van der Waals surface area contributed by atoms with Crippen LogP contribution in [0.25, 0.3) is 0 Å². The highest BCUT2D eigenvalue weighted by Gasteiger charge is 2.29. The number of amides is 1. The summed E-state index contributed by atoms with van der Waals surface area (Å²) in [6.07, 6.45) is -0.322. The van der Waals surface area contributed by atoms with E-state index in [-0.39, 0.29) is 22.8 Å². The Morgan fingerprint density at radius 2 is 1.96 bits per heavy atom. The van der Waals surface area contributed by atoms with Gasteiger partial charge >= 0.3 is 0 Å². The van der Waals surface area contributed by atoms with E-state index in [1.165, 1.54) is 19.2 Å². The number of sulfonamides is 1. The number of benzene rings is 1. The lowest BCUT2D eigenvalue weighted by Gasteiger charge is -2.31. The van der Waals surface area contributed by atoms with E-state index in [2.05, 4.69) is 0 Å². The van der Waals surface area contributed by atoms with Crippen molar-refractivity contribution in [2.24, 2.45) is 0 Å². The number of hydrogen-bond donors (Lipinski definition) is 0. The number of rotatable bonds is 7. The molecule has 0 saturated carbocycles. The van der Waals surface area contributed by atoms with Gasteiger partial charge in [-0.15, -0.1) is 11.3 Å². The largest absolute Gasteiger partial charge is 0.486 e. The fraction of sp³-hybridized carbons (Fsp3) is 0.389. The van der Waals surface area contributed by atoms with Gasteiger partial charge in [0.2, 0.25) is 5.91 Å². The molecule has 7 nitrogen and oxygen atoms in total. The van der Waals surface area contributed by atoms with E-state index >= 15 is 0 Å². The van der Waals surface area contributed by atoms with Crippen LogP contribution < -0.4 is 9.47 Å². The Morgan fingerprint density at radius 1 is 1.25 bits per heavy atom. The zero-order chi connectivity index (χ0) is 20.3. The van der Waals surface area contributed by atoms with Crippen LogP contribution in [0.5, 0.6) is 11.5 Å². The highest BCUT2D eigenvalue weighted by atomic mass is 35.5. The highest BCUT2D eigenvalue weighted by Crippen LogP contribution is 2.31. The average molecular weight is 445 g/mol. The molecule has 0 N–H and O–H groups in total. The third-order valence-electron chi connectivity index (χ3n) is 4.30. The maximum atomic E-state index is 12.7. The van der Waals surface area contributed by atoms with Crippen LogP contribution in [0.1, 0.15) is 6.92 Å². The molecule has 0 spiro atoms. The molecular weight excluding hydrogens is 424 g/mol. The van der Waals surface area contributed by atoms with Crippen molar-refractivity contribution < 1.29 is 22.7 Å². The van der Waals surface area contributed by atoms with Gasteiger partial charge in [0.15, 0.2) is 17.6 Å². The number of para-hydroxylation sites is 2. The van der Waals surface area contributed by atoms with Gasteiger partial charge in [0.25, 0.3) is 10.0 Å². The molecule has 10 heteroatoms. The molecule has 152 valence electrons. The Bertz CT molecular complexity index is 947. The second-order valence-electron chi connectivity index (χ2n) is 6.25. The van der Waals surface area contributed by atoms with Crippen molar-refractivity contribution >= 4 is 38.9 Å². The van der Waals surface area contributed by atoms with Gasteiger partial charge < -0.3 is 14.4 Å². The third kappa shape index (κ3) is 4.60. The maximum Gasteiger partial charge on any atom is 0.252 e. The Balaban J connectivity index is 1.62.